The largest absolute Gasteiger partial charge is 0.354 e. The van der Waals surface area contributed by atoms with E-state index in [0.717, 1.165) is 24.2 Å². The van der Waals surface area contributed by atoms with Gasteiger partial charge in [0.1, 0.15) is 5.69 Å². The minimum Gasteiger partial charge on any atom is -0.354 e. The predicted octanol–water partition coefficient (Wildman–Crippen LogP) is 3.31. The van der Waals surface area contributed by atoms with E-state index in [1.165, 1.54) is 6.92 Å². The number of amides is 2. The van der Waals surface area contributed by atoms with Gasteiger partial charge in [-0.05, 0) is 36.8 Å². The minimum atomic E-state index is -0.164. The number of nitrogens with zero attached hydrogens (tertiary/aromatic N) is 1. The summed E-state index contributed by atoms with van der Waals surface area (Å²) in [7, 11) is 0. The maximum absolute atomic E-state index is 11.9. The van der Waals surface area contributed by atoms with Crippen molar-refractivity contribution in [2.45, 2.75) is 26.7 Å². The fourth-order valence-electron chi connectivity index (χ4n) is 2.12. The van der Waals surface area contributed by atoms with Crippen molar-refractivity contribution in [3.8, 4) is 0 Å². The van der Waals surface area contributed by atoms with Crippen molar-refractivity contribution in [1.82, 2.24) is 10.3 Å². The zero-order valence-electron chi connectivity index (χ0n) is 13.9. The number of anilines is 3. The Morgan fingerprint density at radius 3 is 2.54 bits per heavy atom. The van der Waals surface area contributed by atoms with Crippen molar-refractivity contribution in [3.63, 3.8) is 0 Å². The zero-order chi connectivity index (χ0) is 17.4. The average molecular weight is 326 g/mol. The number of benzene rings is 1. The number of pyridine rings is 1. The SMILES string of the molecule is CCCCNC(=O)c1ccc(Nc2cccc(NC(C)=O)c2)cn1. The van der Waals surface area contributed by atoms with Crippen LogP contribution in [0.15, 0.2) is 42.6 Å². The lowest BCUT2D eigenvalue weighted by molar-refractivity contribution is -0.114. The molecule has 0 fully saturated rings. The molecule has 0 bridgehead atoms. The van der Waals surface area contributed by atoms with Crippen LogP contribution in [0.4, 0.5) is 17.1 Å². The molecule has 0 saturated heterocycles. The third kappa shape index (κ3) is 5.39. The summed E-state index contributed by atoms with van der Waals surface area (Å²) in [5.41, 5.74) is 2.69. The summed E-state index contributed by atoms with van der Waals surface area (Å²) in [4.78, 5) is 27.2. The Labute approximate surface area is 141 Å². The molecule has 0 aliphatic carbocycles. The quantitative estimate of drug-likeness (QED) is 0.682. The summed E-state index contributed by atoms with van der Waals surface area (Å²) in [5.74, 6) is -0.282. The number of unbranched alkanes of at least 4 members (excludes halogenated alkanes) is 1. The third-order valence-corrected chi connectivity index (χ3v) is 3.28. The molecule has 3 N–H and O–H groups in total. The molecule has 0 unspecified atom stereocenters. The van der Waals surface area contributed by atoms with Gasteiger partial charge in [-0.2, -0.15) is 0 Å². The molecular weight excluding hydrogens is 304 g/mol. The standard InChI is InChI=1S/C18H22N4O2/c1-3-4-10-19-18(24)17-9-8-16(12-20-17)22-15-7-5-6-14(11-15)21-13(2)23/h5-9,11-12,22H,3-4,10H2,1-2H3,(H,19,24)(H,21,23). The second-order valence-electron chi connectivity index (χ2n) is 5.43. The van der Waals surface area contributed by atoms with Crippen LogP contribution in [0.3, 0.4) is 0 Å². The van der Waals surface area contributed by atoms with Crippen LogP contribution >= 0.6 is 0 Å². The Balaban J connectivity index is 1.98. The van der Waals surface area contributed by atoms with E-state index in [4.69, 9.17) is 0 Å². The molecule has 24 heavy (non-hydrogen) atoms. The molecule has 126 valence electrons. The maximum atomic E-state index is 11.9. The van der Waals surface area contributed by atoms with Crippen LogP contribution in [-0.2, 0) is 4.79 Å². The van der Waals surface area contributed by atoms with Gasteiger partial charge >= 0.3 is 0 Å². The topological polar surface area (TPSA) is 83.1 Å². The monoisotopic (exact) mass is 326 g/mol. The number of hydrogen-bond donors (Lipinski definition) is 3. The van der Waals surface area contributed by atoms with E-state index in [-0.39, 0.29) is 11.8 Å². The number of carbonyl (C=O) groups excluding carboxylic acids is 2. The first-order valence-corrected chi connectivity index (χ1v) is 7.97. The fraction of sp³-hybridized carbons (Fsp3) is 0.278. The highest BCUT2D eigenvalue weighted by Crippen LogP contribution is 2.19. The highest BCUT2D eigenvalue weighted by molar-refractivity contribution is 5.92. The number of carbonyl (C=O) groups is 2. The van der Waals surface area contributed by atoms with E-state index in [1.54, 1.807) is 18.3 Å². The van der Waals surface area contributed by atoms with Gasteiger partial charge in [-0.1, -0.05) is 19.4 Å². The van der Waals surface area contributed by atoms with E-state index in [0.29, 0.717) is 17.9 Å². The van der Waals surface area contributed by atoms with Crippen molar-refractivity contribution in [2.24, 2.45) is 0 Å². The molecule has 1 heterocycles. The summed E-state index contributed by atoms with van der Waals surface area (Å²) < 4.78 is 0. The molecule has 2 rings (SSSR count). The number of rotatable bonds is 7. The van der Waals surface area contributed by atoms with Gasteiger partial charge in [0.05, 0.1) is 11.9 Å². The Morgan fingerprint density at radius 1 is 1.08 bits per heavy atom. The molecule has 0 atom stereocenters. The van der Waals surface area contributed by atoms with Crippen molar-refractivity contribution in [2.75, 3.05) is 17.2 Å². The van der Waals surface area contributed by atoms with Gasteiger partial charge in [-0.3, -0.25) is 9.59 Å². The van der Waals surface area contributed by atoms with E-state index >= 15 is 0 Å². The molecule has 0 aliphatic heterocycles. The van der Waals surface area contributed by atoms with Crippen LogP contribution < -0.4 is 16.0 Å². The molecule has 0 aliphatic rings. The second-order valence-corrected chi connectivity index (χ2v) is 5.43. The zero-order valence-corrected chi connectivity index (χ0v) is 13.9. The molecule has 6 nitrogen and oxygen atoms in total. The van der Waals surface area contributed by atoms with Gasteiger partial charge in [0.2, 0.25) is 5.91 Å². The minimum absolute atomic E-state index is 0.118. The highest BCUT2D eigenvalue weighted by Gasteiger charge is 2.06. The first kappa shape index (κ1) is 17.5. The first-order valence-electron chi connectivity index (χ1n) is 7.97. The molecular formula is C18H22N4O2. The molecule has 6 heteroatoms. The van der Waals surface area contributed by atoms with Crippen molar-refractivity contribution in [3.05, 3.63) is 48.3 Å². The van der Waals surface area contributed by atoms with Gasteiger partial charge in [-0.15, -0.1) is 0 Å². The summed E-state index contributed by atoms with van der Waals surface area (Å²) in [5, 5.41) is 8.75. The molecule has 0 spiro atoms. The summed E-state index contributed by atoms with van der Waals surface area (Å²) in [6.45, 7) is 4.20. The Morgan fingerprint density at radius 2 is 1.88 bits per heavy atom. The van der Waals surface area contributed by atoms with Gasteiger partial charge in [0.15, 0.2) is 0 Å². The van der Waals surface area contributed by atoms with E-state index in [1.807, 2.05) is 24.3 Å². The van der Waals surface area contributed by atoms with Gasteiger partial charge in [0.25, 0.3) is 5.91 Å². The van der Waals surface area contributed by atoms with Crippen molar-refractivity contribution >= 4 is 28.9 Å². The summed E-state index contributed by atoms with van der Waals surface area (Å²) >= 11 is 0. The second kappa shape index (κ2) is 8.67. The smallest absolute Gasteiger partial charge is 0.269 e. The maximum Gasteiger partial charge on any atom is 0.269 e. The molecule has 1 aromatic carbocycles. The van der Waals surface area contributed by atoms with Crippen LogP contribution in [0.5, 0.6) is 0 Å². The lowest BCUT2D eigenvalue weighted by atomic mass is 10.2. The first-order chi connectivity index (χ1) is 11.6. The third-order valence-electron chi connectivity index (χ3n) is 3.28. The Hall–Kier alpha value is -2.89. The average Bonchev–Trinajstić information content (AvgIpc) is 2.55. The van der Waals surface area contributed by atoms with Gasteiger partial charge < -0.3 is 16.0 Å². The number of aromatic nitrogens is 1. The normalized spacial score (nSPS) is 10.1. The van der Waals surface area contributed by atoms with Crippen LogP contribution in [-0.4, -0.2) is 23.3 Å². The Kier molecular flexibility index (Phi) is 6.31. The summed E-state index contributed by atoms with van der Waals surface area (Å²) in [6.07, 6.45) is 3.60. The van der Waals surface area contributed by atoms with Crippen LogP contribution in [0.2, 0.25) is 0 Å². The van der Waals surface area contributed by atoms with E-state index in [9.17, 15) is 9.59 Å². The molecule has 0 radical (unpaired) electrons. The van der Waals surface area contributed by atoms with Crippen molar-refractivity contribution in [1.29, 1.82) is 0 Å². The van der Waals surface area contributed by atoms with Crippen LogP contribution in [0, 0.1) is 0 Å². The fourth-order valence-corrected chi connectivity index (χ4v) is 2.12. The van der Waals surface area contributed by atoms with Crippen LogP contribution in [0.1, 0.15) is 37.2 Å². The van der Waals surface area contributed by atoms with Gasteiger partial charge in [0, 0.05) is 24.8 Å². The molecule has 1 aromatic heterocycles. The molecule has 0 saturated carbocycles. The highest BCUT2D eigenvalue weighted by atomic mass is 16.2. The Bertz CT molecular complexity index is 698. The van der Waals surface area contributed by atoms with Crippen molar-refractivity contribution < 1.29 is 9.59 Å². The van der Waals surface area contributed by atoms with E-state index < -0.39 is 0 Å². The number of nitrogens with one attached hydrogen (secondary N) is 3. The lowest BCUT2D eigenvalue weighted by Gasteiger charge is -2.09. The summed E-state index contributed by atoms with van der Waals surface area (Å²) in [6, 6.07) is 10.8. The molecule has 2 aromatic rings. The number of hydrogen-bond acceptors (Lipinski definition) is 4. The lowest BCUT2D eigenvalue weighted by Crippen LogP contribution is -2.25. The van der Waals surface area contributed by atoms with Gasteiger partial charge in [-0.25, -0.2) is 4.98 Å². The van der Waals surface area contributed by atoms with E-state index in [2.05, 4.69) is 27.9 Å². The molecule has 2 amide bonds. The van der Waals surface area contributed by atoms with Crippen LogP contribution in [0.25, 0.3) is 0 Å². The predicted molar refractivity (Wildman–Crippen MR) is 95.5 cm³/mol.